The highest BCUT2D eigenvalue weighted by Gasteiger charge is 2.01. The van der Waals surface area contributed by atoms with Gasteiger partial charge in [0.15, 0.2) is 0 Å². The van der Waals surface area contributed by atoms with Crippen LogP contribution in [0.25, 0.3) is 0 Å². The Morgan fingerprint density at radius 3 is 2.44 bits per heavy atom. The molecule has 1 aromatic carbocycles. The molecule has 0 aromatic heterocycles. The van der Waals surface area contributed by atoms with Crippen molar-refractivity contribution in [1.29, 1.82) is 0 Å². The van der Waals surface area contributed by atoms with E-state index in [1.165, 1.54) is 18.4 Å². The molecule has 1 aromatic rings. The predicted molar refractivity (Wildman–Crippen MR) is 68.9 cm³/mol. The van der Waals surface area contributed by atoms with Crippen molar-refractivity contribution in [1.82, 2.24) is 5.32 Å². The topological polar surface area (TPSA) is 21.3 Å². The molecule has 0 radical (unpaired) electrons. The molecule has 0 saturated heterocycles. The fourth-order valence-corrected chi connectivity index (χ4v) is 1.56. The molecule has 2 nitrogen and oxygen atoms in total. The Kier molecular flexibility index (Phi) is 5.94. The highest BCUT2D eigenvalue weighted by Crippen LogP contribution is 2.17. The van der Waals surface area contributed by atoms with Crippen LogP contribution in [0.3, 0.4) is 0 Å². The van der Waals surface area contributed by atoms with E-state index < -0.39 is 0 Å². The predicted octanol–water partition coefficient (Wildman–Crippen LogP) is 3.54. The molecule has 2 heteroatoms. The van der Waals surface area contributed by atoms with Gasteiger partial charge >= 0.3 is 0 Å². The molecule has 0 saturated carbocycles. The van der Waals surface area contributed by atoms with E-state index in [0.29, 0.717) is 6.04 Å². The number of unbranched alkanes of at least 4 members (excludes halogenated alkanes) is 2. The second-order valence-corrected chi connectivity index (χ2v) is 4.13. The second kappa shape index (κ2) is 7.29. The van der Waals surface area contributed by atoms with Crippen molar-refractivity contribution in [2.24, 2.45) is 0 Å². The van der Waals surface area contributed by atoms with Gasteiger partial charge in [-0.2, -0.15) is 0 Å². The van der Waals surface area contributed by atoms with Crippen LogP contribution < -0.4 is 10.1 Å². The molecular formula is C14H23NO. The Morgan fingerprint density at radius 2 is 1.88 bits per heavy atom. The molecule has 1 N–H and O–H groups in total. The van der Waals surface area contributed by atoms with Crippen molar-refractivity contribution >= 4 is 0 Å². The number of benzene rings is 1. The van der Waals surface area contributed by atoms with E-state index >= 15 is 0 Å². The largest absolute Gasteiger partial charge is 0.494 e. The first-order valence-corrected chi connectivity index (χ1v) is 6.18. The molecule has 0 heterocycles. The summed E-state index contributed by atoms with van der Waals surface area (Å²) in [5.74, 6) is 0.975. The summed E-state index contributed by atoms with van der Waals surface area (Å²) >= 11 is 0. The maximum absolute atomic E-state index is 5.66. The quantitative estimate of drug-likeness (QED) is 0.711. The van der Waals surface area contributed by atoms with Crippen molar-refractivity contribution in [3.05, 3.63) is 29.8 Å². The van der Waals surface area contributed by atoms with Crippen LogP contribution in [0.5, 0.6) is 5.75 Å². The number of nitrogens with one attached hydrogen (secondary N) is 1. The van der Waals surface area contributed by atoms with Crippen molar-refractivity contribution in [3.8, 4) is 5.75 Å². The van der Waals surface area contributed by atoms with Crippen LogP contribution in [0.1, 0.15) is 44.7 Å². The van der Waals surface area contributed by atoms with E-state index in [1.54, 1.807) is 0 Å². The van der Waals surface area contributed by atoms with Crippen LogP contribution in [-0.2, 0) is 0 Å². The van der Waals surface area contributed by atoms with E-state index in [0.717, 1.165) is 18.8 Å². The Bertz CT molecular complexity index is 281. The minimum Gasteiger partial charge on any atom is -0.494 e. The zero-order valence-electron chi connectivity index (χ0n) is 10.6. The maximum Gasteiger partial charge on any atom is 0.119 e. The molecule has 16 heavy (non-hydrogen) atoms. The molecule has 1 unspecified atom stereocenters. The summed E-state index contributed by atoms with van der Waals surface area (Å²) < 4.78 is 5.66. The molecule has 1 rings (SSSR count). The fourth-order valence-electron chi connectivity index (χ4n) is 1.56. The lowest BCUT2D eigenvalue weighted by atomic mass is 10.1. The highest BCUT2D eigenvalue weighted by molar-refractivity contribution is 5.28. The van der Waals surface area contributed by atoms with Crippen LogP contribution >= 0.6 is 0 Å². The molecule has 0 amide bonds. The average Bonchev–Trinajstić information content (AvgIpc) is 2.34. The van der Waals surface area contributed by atoms with Crippen molar-refractivity contribution in [2.45, 2.75) is 39.2 Å². The third-order valence-corrected chi connectivity index (χ3v) is 2.83. The van der Waals surface area contributed by atoms with E-state index in [-0.39, 0.29) is 0 Å². The lowest BCUT2D eigenvalue weighted by Gasteiger charge is -2.11. The van der Waals surface area contributed by atoms with Crippen molar-refractivity contribution in [2.75, 3.05) is 13.7 Å². The van der Waals surface area contributed by atoms with Gasteiger partial charge in [0, 0.05) is 6.04 Å². The van der Waals surface area contributed by atoms with Gasteiger partial charge in [0.25, 0.3) is 0 Å². The summed E-state index contributed by atoms with van der Waals surface area (Å²) in [5.41, 5.74) is 1.29. The van der Waals surface area contributed by atoms with Crippen LogP contribution in [0.4, 0.5) is 0 Å². The smallest absolute Gasteiger partial charge is 0.119 e. The third-order valence-electron chi connectivity index (χ3n) is 2.83. The van der Waals surface area contributed by atoms with Crippen LogP contribution in [0.15, 0.2) is 24.3 Å². The van der Waals surface area contributed by atoms with Gasteiger partial charge in [0.1, 0.15) is 5.75 Å². The number of ether oxygens (including phenoxy) is 1. The SMILES string of the molecule is CCCCCOc1ccc(C(C)NC)cc1. The molecule has 90 valence electrons. The Balaban J connectivity index is 2.39. The summed E-state index contributed by atoms with van der Waals surface area (Å²) in [4.78, 5) is 0. The monoisotopic (exact) mass is 221 g/mol. The number of hydrogen-bond acceptors (Lipinski definition) is 2. The second-order valence-electron chi connectivity index (χ2n) is 4.13. The van der Waals surface area contributed by atoms with Crippen LogP contribution in [0.2, 0.25) is 0 Å². The number of hydrogen-bond donors (Lipinski definition) is 1. The van der Waals surface area contributed by atoms with E-state index in [1.807, 2.05) is 7.05 Å². The Hall–Kier alpha value is -1.02. The standard InChI is InChI=1S/C14H23NO/c1-4-5-6-11-16-14-9-7-13(8-10-14)12(2)15-3/h7-10,12,15H,4-6,11H2,1-3H3. The zero-order chi connectivity index (χ0) is 11.8. The van der Waals surface area contributed by atoms with Gasteiger partial charge in [-0.15, -0.1) is 0 Å². The lowest BCUT2D eigenvalue weighted by Crippen LogP contribution is -2.11. The summed E-state index contributed by atoms with van der Waals surface area (Å²) in [5, 5.41) is 3.22. The minimum atomic E-state index is 0.397. The first-order chi connectivity index (χ1) is 7.77. The van der Waals surface area contributed by atoms with Crippen LogP contribution in [0, 0.1) is 0 Å². The van der Waals surface area contributed by atoms with E-state index in [2.05, 4.69) is 43.4 Å². The zero-order valence-corrected chi connectivity index (χ0v) is 10.6. The van der Waals surface area contributed by atoms with Gasteiger partial charge in [-0.3, -0.25) is 0 Å². The Morgan fingerprint density at radius 1 is 1.19 bits per heavy atom. The first-order valence-electron chi connectivity index (χ1n) is 6.18. The third kappa shape index (κ3) is 4.23. The van der Waals surface area contributed by atoms with Crippen molar-refractivity contribution in [3.63, 3.8) is 0 Å². The maximum atomic E-state index is 5.66. The fraction of sp³-hybridized carbons (Fsp3) is 0.571. The number of rotatable bonds is 7. The van der Waals surface area contributed by atoms with Gasteiger partial charge in [-0.25, -0.2) is 0 Å². The van der Waals surface area contributed by atoms with Gasteiger partial charge in [0.05, 0.1) is 6.61 Å². The summed E-state index contributed by atoms with van der Waals surface area (Å²) in [6.45, 7) is 5.18. The molecule has 1 atom stereocenters. The molecule has 0 fully saturated rings. The van der Waals surface area contributed by atoms with E-state index in [9.17, 15) is 0 Å². The molecule has 0 aliphatic heterocycles. The molecule has 0 aliphatic carbocycles. The van der Waals surface area contributed by atoms with Gasteiger partial charge in [-0.1, -0.05) is 31.9 Å². The molecule has 0 aliphatic rings. The summed E-state index contributed by atoms with van der Waals surface area (Å²) in [6, 6.07) is 8.74. The average molecular weight is 221 g/mol. The van der Waals surface area contributed by atoms with Gasteiger partial charge in [-0.05, 0) is 38.1 Å². The van der Waals surface area contributed by atoms with E-state index in [4.69, 9.17) is 4.74 Å². The normalized spacial score (nSPS) is 12.4. The van der Waals surface area contributed by atoms with Crippen molar-refractivity contribution < 1.29 is 4.74 Å². The summed E-state index contributed by atoms with van der Waals surface area (Å²) in [6.07, 6.45) is 3.63. The first kappa shape index (κ1) is 13.0. The molecule has 0 bridgehead atoms. The van der Waals surface area contributed by atoms with Gasteiger partial charge in [0.2, 0.25) is 0 Å². The highest BCUT2D eigenvalue weighted by atomic mass is 16.5. The minimum absolute atomic E-state index is 0.397. The molecular weight excluding hydrogens is 198 g/mol. The van der Waals surface area contributed by atoms with Crippen LogP contribution in [-0.4, -0.2) is 13.7 Å². The molecule has 0 spiro atoms. The Labute approximate surface area is 99.0 Å². The lowest BCUT2D eigenvalue weighted by molar-refractivity contribution is 0.306. The van der Waals surface area contributed by atoms with Gasteiger partial charge < -0.3 is 10.1 Å². The summed E-state index contributed by atoms with van der Waals surface area (Å²) in [7, 11) is 1.97.